The zero-order chi connectivity index (χ0) is 12.3. The molecule has 0 fully saturated rings. The van der Waals surface area contributed by atoms with Crippen LogP contribution in [-0.2, 0) is 0 Å². The van der Waals surface area contributed by atoms with Crippen molar-refractivity contribution in [3.05, 3.63) is 24.3 Å². The number of hydrogen-bond donors (Lipinski definition) is 3. The monoisotopic (exact) mass is 250 g/mol. The fraction of sp³-hybridized carbons (Fsp3) is 0.111. The Kier molecular flexibility index (Phi) is 3.24. The minimum absolute atomic E-state index is 0.264. The van der Waals surface area contributed by atoms with E-state index in [2.05, 4.69) is 38.7 Å². The molecule has 0 bridgehead atoms. The van der Waals surface area contributed by atoms with Crippen molar-refractivity contribution in [1.29, 1.82) is 0 Å². The van der Waals surface area contributed by atoms with Gasteiger partial charge in [-0.2, -0.15) is 0 Å². The molecule has 0 spiro atoms. The van der Waals surface area contributed by atoms with E-state index in [4.69, 9.17) is 0 Å². The number of anilines is 1. The second kappa shape index (κ2) is 4.83. The molecular formula is C9H10N6OS. The van der Waals surface area contributed by atoms with Crippen LogP contribution in [0.25, 0.3) is 5.69 Å². The number of rotatable bonds is 2. The highest BCUT2D eigenvalue weighted by Crippen LogP contribution is 2.18. The fourth-order valence-electron chi connectivity index (χ4n) is 1.25. The summed E-state index contributed by atoms with van der Waals surface area (Å²) in [5.74, 6) is 0. The van der Waals surface area contributed by atoms with E-state index >= 15 is 0 Å². The van der Waals surface area contributed by atoms with Gasteiger partial charge in [-0.15, -0.1) is 15.0 Å². The average Bonchev–Trinajstić information content (AvgIpc) is 2.76. The maximum atomic E-state index is 11.3. The van der Waals surface area contributed by atoms with E-state index in [-0.39, 0.29) is 11.2 Å². The number of carbonyl (C=O) groups is 1. The van der Waals surface area contributed by atoms with E-state index in [0.29, 0.717) is 11.4 Å². The van der Waals surface area contributed by atoms with Gasteiger partial charge < -0.3 is 10.6 Å². The van der Waals surface area contributed by atoms with Crippen LogP contribution in [0.4, 0.5) is 10.5 Å². The van der Waals surface area contributed by atoms with E-state index in [1.54, 1.807) is 18.2 Å². The number of urea groups is 1. The molecule has 1 heterocycles. The number of tetrazole rings is 1. The molecule has 0 aliphatic heterocycles. The minimum atomic E-state index is -0.316. The number of nitrogens with one attached hydrogen (secondary N) is 2. The molecule has 2 amide bonds. The molecule has 1 aromatic heterocycles. The van der Waals surface area contributed by atoms with Gasteiger partial charge in [-0.1, -0.05) is 24.8 Å². The maximum Gasteiger partial charge on any atom is 0.319 e. The van der Waals surface area contributed by atoms with Gasteiger partial charge in [0, 0.05) is 7.05 Å². The first-order valence-corrected chi connectivity index (χ1v) is 5.22. The smallest absolute Gasteiger partial charge is 0.319 e. The molecule has 8 heteroatoms. The maximum absolute atomic E-state index is 11.3. The molecule has 7 nitrogen and oxygen atoms in total. The molecular weight excluding hydrogens is 240 g/mol. The van der Waals surface area contributed by atoms with Crippen molar-refractivity contribution in [3.63, 3.8) is 0 Å². The molecule has 2 rings (SSSR count). The SMILES string of the molecule is CNC(=O)Nc1ccccc1-n1nnc(S)n1. The highest BCUT2D eigenvalue weighted by Gasteiger charge is 2.09. The van der Waals surface area contributed by atoms with Gasteiger partial charge in [-0.3, -0.25) is 0 Å². The number of amides is 2. The van der Waals surface area contributed by atoms with Gasteiger partial charge in [0.25, 0.3) is 0 Å². The van der Waals surface area contributed by atoms with E-state index in [9.17, 15) is 4.79 Å². The van der Waals surface area contributed by atoms with Crippen molar-refractivity contribution in [2.75, 3.05) is 12.4 Å². The third kappa shape index (κ3) is 2.53. The summed E-state index contributed by atoms with van der Waals surface area (Å²) in [6.07, 6.45) is 0. The average molecular weight is 250 g/mol. The lowest BCUT2D eigenvalue weighted by Crippen LogP contribution is -2.25. The van der Waals surface area contributed by atoms with E-state index in [1.807, 2.05) is 6.07 Å². The standard InChI is InChI=1S/C9H10N6OS/c1-10-8(16)11-6-4-2-3-5-7(6)15-13-9(17)12-14-15/h2-5H,1H3,(H,13,17)(H2,10,11,16). The van der Waals surface area contributed by atoms with Crippen LogP contribution in [0.1, 0.15) is 0 Å². The Bertz CT molecular complexity index is 540. The summed E-state index contributed by atoms with van der Waals surface area (Å²) in [6, 6.07) is 6.80. The van der Waals surface area contributed by atoms with Crippen molar-refractivity contribution in [2.45, 2.75) is 5.16 Å². The molecule has 0 atom stereocenters. The molecule has 0 aliphatic carbocycles. The van der Waals surface area contributed by atoms with Crippen LogP contribution in [0.2, 0.25) is 0 Å². The quantitative estimate of drug-likeness (QED) is 0.685. The highest BCUT2D eigenvalue weighted by atomic mass is 32.1. The summed E-state index contributed by atoms with van der Waals surface area (Å²) in [5, 5.41) is 16.8. The molecule has 88 valence electrons. The van der Waals surface area contributed by atoms with Crippen molar-refractivity contribution in [2.24, 2.45) is 0 Å². The van der Waals surface area contributed by atoms with Crippen LogP contribution < -0.4 is 10.6 Å². The van der Waals surface area contributed by atoms with Crippen LogP contribution in [0.15, 0.2) is 29.4 Å². The van der Waals surface area contributed by atoms with Crippen LogP contribution in [0.5, 0.6) is 0 Å². The van der Waals surface area contributed by atoms with Crippen LogP contribution in [-0.4, -0.2) is 33.3 Å². The van der Waals surface area contributed by atoms with Crippen LogP contribution in [0.3, 0.4) is 0 Å². The molecule has 0 aliphatic rings. The zero-order valence-electron chi connectivity index (χ0n) is 8.95. The summed E-state index contributed by atoms with van der Waals surface area (Å²) >= 11 is 3.97. The first-order chi connectivity index (χ1) is 8.20. The summed E-state index contributed by atoms with van der Waals surface area (Å²) in [7, 11) is 1.54. The molecule has 17 heavy (non-hydrogen) atoms. The topological polar surface area (TPSA) is 84.7 Å². The first-order valence-electron chi connectivity index (χ1n) is 4.78. The second-order valence-corrected chi connectivity index (χ2v) is 3.50. The van der Waals surface area contributed by atoms with Crippen LogP contribution in [0, 0.1) is 0 Å². The van der Waals surface area contributed by atoms with Crippen molar-refractivity contribution in [1.82, 2.24) is 25.5 Å². The summed E-state index contributed by atoms with van der Waals surface area (Å²) in [4.78, 5) is 12.6. The molecule has 0 unspecified atom stereocenters. The fourth-order valence-corrected chi connectivity index (χ4v) is 1.37. The summed E-state index contributed by atoms with van der Waals surface area (Å²) < 4.78 is 0. The number of para-hydroxylation sites is 2. The van der Waals surface area contributed by atoms with Gasteiger partial charge in [0.2, 0.25) is 5.16 Å². The Balaban J connectivity index is 2.37. The molecule has 1 aromatic carbocycles. The lowest BCUT2D eigenvalue weighted by atomic mass is 10.3. The van der Waals surface area contributed by atoms with E-state index < -0.39 is 0 Å². The van der Waals surface area contributed by atoms with Gasteiger partial charge in [-0.25, -0.2) is 4.79 Å². The third-order valence-corrected chi connectivity index (χ3v) is 2.18. The zero-order valence-corrected chi connectivity index (χ0v) is 9.85. The van der Waals surface area contributed by atoms with Gasteiger partial charge in [-0.05, 0) is 17.3 Å². The highest BCUT2D eigenvalue weighted by molar-refractivity contribution is 7.80. The molecule has 0 saturated heterocycles. The Morgan fingerprint density at radius 2 is 2.18 bits per heavy atom. The number of hydrogen-bond acceptors (Lipinski definition) is 5. The van der Waals surface area contributed by atoms with Gasteiger partial charge in [0.15, 0.2) is 0 Å². The van der Waals surface area contributed by atoms with Gasteiger partial charge in [0.1, 0.15) is 5.69 Å². The van der Waals surface area contributed by atoms with Crippen LogP contribution >= 0.6 is 12.6 Å². The number of nitrogens with zero attached hydrogens (tertiary/aromatic N) is 4. The normalized spacial score (nSPS) is 10.0. The van der Waals surface area contributed by atoms with Crippen molar-refractivity contribution < 1.29 is 4.79 Å². The Hall–Kier alpha value is -2.09. The Morgan fingerprint density at radius 3 is 2.82 bits per heavy atom. The number of carbonyl (C=O) groups excluding carboxylic acids is 1. The van der Waals surface area contributed by atoms with E-state index in [0.717, 1.165) is 0 Å². The Morgan fingerprint density at radius 1 is 1.41 bits per heavy atom. The predicted octanol–water partition coefficient (Wildman–Crippen LogP) is 0.702. The second-order valence-electron chi connectivity index (χ2n) is 3.10. The van der Waals surface area contributed by atoms with Crippen molar-refractivity contribution in [3.8, 4) is 5.69 Å². The lowest BCUT2D eigenvalue weighted by molar-refractivity contribution is 0.254. The molecule has 0 saturated carbocycles. The Labute approximate surface area is 103 Å². The molecule has 0 radical (unpaired) electrons. The van der Waals surface area contributed by atoms with Crippen molar-refractivity contribution >= 4 is 24.3 Å². The predicted molar refractivity (Wildman–Crippen MR) is 64.5 cm³/mol. The summed E-state index contributed by atoms with van der Waals surface area (Å²) in [6.45, 7) is 0. The number of thiol groups is 1. The number of aromatic nitrogens is 4. The molecule has 2 N–H and O–H groups in total. The number of benzene rings is 1. The lowest BCUT2D eigenvalue weighted by Gasteiger charge is -2.08. The van der Waals surface area contributed by atoms with E-state index in [1.165, 1.54) is 11.8 Å². The van der Waals surface area contributed by atoms with Gasteiger partial charge >= 0.3 is 6.03 Å². The first kappa shape index (κ1) is 11.4. The minimum Gasteiger partial charge on any atom is -0.341 e. The molecule has 2 aromatic rings. The summed E-state index contributed by atoms with van der Waals surface area (Å²) in [5.41, 5.74) is 1.20. The largest absolute Gasteiger partial charge is 0.341 e. The third-order valence-electron chi connectivity index (χ3n) is 2.00. The van der Waals surface area contributed by atoms with Gasteiger partial charge in [0.05, 0.1) is 5.69 Å².